The summed E-state index contributed by atoms with van der Waals surface area (Å²) in [5.74, 6) is 6.40. The Morgan fingerprint density at radius 3 is 1.75 bits per heavy atom. The van der Waals surface area contributed by atoms with E-state index >= 15 is 0 Å². The van der Waals surface area contributed by atoms with E-state index in [1.807, 2.05) is 0 Å². The van der Waals surface area contributed by atoms with Gasteiger partial charge in [0, 0.05) is 5.92 Å². The molecule has 0 heterocycles. The summed E-state index contributed by atoms with van der Waals surface area (Å²) in [6.45, 7) is 36.6. The van der Waals surface area contributed by atoms with Gasteiger partial charge in [-0.15, -0.1) is 0 Å². The van der Waals surface area contributed by atoms with Crippen LogP contribution in [0.2, 0.25) is 0 Å². The Morgan fingerprint density at radius 1 is 0.650 bits per heavy atom. The second-order valence-electron chi connectivity index (χ2n) is 15.2. The van der Waals surface area contributed by atoms with Crippen LogP contribution in [0.25, 0.3) is 6.08 Å². The summed E-state index contributed by atoms with van der Waals surface area (Å²) in [6.07, 6.45) is 3.76. The molecule has 0 amide bonds. The minimum Gasteiger partial charge on any atom is -0.0625 e. The summed E-state index contributed by atoms with van der Waals surface area (Å²) >= 11 is 0. The first-order valence-electron chi connectivity index (χ1n) is 16.6. The van der Waals surface area contributed by atoms with E-state index < -0.39 is 0 Å². The highest BCUT2D eigenvalue weighted by Gasteiger charge is 2.44. The van der Waals surface area contributed by atoms with E-state index in [-0.39, 0.29) is 0 Å². The van der Waals surface area contributed by atoms with Gasteiger partial charge in [0.05, 0.1) is 0 Å². The highest BCUT2D eigenvalue weighted by Crippen LogP contribution is 2.55. The van der Waals surface area contributed by atoms with Gasteiger partial charge in [-0.1, -0.05) is 99.9 Å². The molecule has 2 aliphatic rings. The van der Waals surface area contributed by atoms with E-state index in [1.165, 1.54) is 28.7 Å². The largest absolute Gasteiger partial charge is 0.0625 e. The summed E-state index contributed by atoms with van der Waals surface area (Å²) in [7, 11) is 0. The zero-order valence-electron chi connectivity index (χ0n) is 28.7. The first kappa shape index (κ1) is 31.1. The SMILES string of the molecule is Cc1cc(C(C)C(C)C2=Cc3cc(C)c(C4C(C)C(C)C(C)C4C)c(C)c3C2C)c(C(C)C)c(CC(C)C)c1C. The lowest BCUT2D eigenvalue weighted by atomic mass is 9.73. The Hall–Kier alpha value is -1.82. The smallest absolute Gasteiger partial charge is 0.00347 e. The third-order valence-electron chi connectivity index (χ3n) is 12.1. The number of hydrogen-bond donors (Lipinski definition) is 0. The van der Waals surface area contributed by atoms with Gasteiger partial charge in [0.25, 0.3) is 0 Å². The van der Waals surface area contributed by atoms with E-state index in [0.29, 0.717) is 35.5 Å². The fourth-order valence-electron chi connectivity index (χ4n) is 9.19. The summed E-state index contributed by atoms with van der Waals surface area (Å²) in [5, 5.41) is 0. The van der Waals surface area contributed by atoms with E-state index in [9.17, 15) is 0 Å². The molecule has 4 rings (SSSR count). The van der Waals surface area contributed by atoms with Gasteiger partial charge in [-0.05, 0) is 143 Å². The first-order chi connectivity index (χ1) is 18.6. The van der Waals surface area contributed by atoms with Crippen LogP contribution in [0.4, 0.5) is 0 Å². The second kappa shape index (κ2) is 11.5. The lowest BCUT2D eigenvalue weighted by Gasteiger charge is -2.32. The molecule has 0 spiro atoms. The zero-order chi connectivity index (χ0) is 30.0. The van der Waals surface area contributed by atoms with Crippen LogP contribution < -0.4 is 0 Å². The van der Waals surface area contributed by atoms with Crippen molar-refractivity contribution in [3.05, 3.63) is 73.3 Å². The molecule has 0 heteroatoms. The van der Waals surface area contributed by atoms with Gasteiger partial charge in [0.15, 0.2) is 0 Å². The topological polar surface area (TPSA) is 0 Å². The maximum absolute atomic E-state index is 2.59. The molecule has 2 aliphatic carbocycles. The number of benzene rings is 2. The van der Waals surface area contributed by atoms with E-state index in [4.69, 9.17) is 0 Å². The Bertz CT molecular complexity index is 1270. The maximum atomic E-state index is 2.59. The third kappa shape index (κ3) is 5.05. The molecule has 0 bridgehead atoms. The molecule has 0 radical (unpaired) electrons. The standard InChI is InChI=1S/C40H60/c1-20(2)16-35-24(7)22(5)18-36(37(35)21(3)4)28(11)27(10)34-19-33-17-23(6)38(32(15)39(33)31(34)14)40-29(12)25(8)26(9)30(40)13/h17-21,25-31,40H,16H2,1-15H3. The van der Waals surface area contributed by atoms with Gasteiger partial charge < -0.3 is 0 Å². The van der Waals surface area contributed by atoms with Crippen LogP contribution in [-0.2, 0) is 6.42 Å². The minimum atomic E-state index is 0.484. The van der Waals surface area contributed by atoms with Crippen molar-refractivity contribution in [2.45, 2.75) is 134 Å². The monoisotopic (exact) mass is 540 g/mol. The molecule has 1 fully saturated rings. The number of hydrogen-bond acceptors (Lipinski definition) is 0. The molecule has 7 atom stereocenters. The van der Waals surface area contributed by atoms with Gasteiger partial charge in [0.2, 0.25) is 0 Å². The van der Waals surface area contributed by atoms with E-state index in [0.717, 1.165) is 23.7 Å². The predicted octanol–water partition coefficient (Wildman–Crippen LogP) is 11.8. The van der Waals surface area contributed by atoms with Gasteiger partial charge >= 0.3 is 0 Å². The molecule has 2 aromatic rings. The molecular formula is C40H60. The van der Waals surface area contributed by atoms with Crippen LogP contribution in [0.5, 0.6) is 0 Å². The molecule has 1 saturated carbocycles. The molecule has 0 N–H and O–H groups in total. The molecule has 0 aliphatic heterocycles. The fraction of sp³-hybridized carbons (Fsp3) is 0.650. The molecule has 0 saturated heterocycles. The Labute approximate surface area is 248 Å². The first-order valence-corrected chi connectivity index (χ1v) is 16.6. The zero-order valence-corrected chi connectivity index (χ0v) is 28.7. The van der Waals surface area contributed by atoms with Crippen LogP contribution in [-0.4, -0.2) is 0 Å². The van der Waals surface area contributed by atoms with Gasteiger partial charge in [0.1, 0.15) is 0 Å². The van der Waals surface area contributed by atoms with Crippen LogP contribution in [0.1, 0.15) is 155 Å². The lowest BCUT2D eigenvalue weighted by Crippen LogP contribution is -2.18. The molecule has 7 unspecified atom stereocenters. The maximum Gasteiger partial charge on any atom is 0.00347 e. The van der Waals surface area contributed by atoms with Crippen molar-refractivity contribution in [1.82, 2.24) is 0 Å². The van der Waals surface area contributed by atoms with Crippen molar-refractivity contribution in [2.75, 3.05) is 0 Å². The summed E-state index contributed by atoms with van der Waals surface area (Å²) in [5.41, 5.74) is 17.3. The summed E-state index contributed by atoms with van der Waals surface area (Å²) < 4.78 is 0. The highest BCUT2D eigenvalue weighted by molar-refractivity contribution is 5.71. The van der Waals surface area contributed by atoms with Crippen molar-refractivity contribution >= 4 is 6.08 Å². The van der Waals surface area contributed by atoms with Crippen molar-refractivity contribution in [3.8, 4) is 0 Å². The number of fused-ring (bicyclic) bond motifs is 1. The average molecular weight is 541 g/mol. The Kier molecular flexibility index (Phi) is 8.91. The van der Waals surface area contributed by atoms with E-state index in [2.05, 4.69) is 122 Å². The molecule has 2 aromatic carbocycles. The lowest BCUT2D eigenvalue weighted by molar-refractivity contribution is 0.352. The fourth-order valence-corrected chi connectivity index (χ4v) is 9.19. The van der Waals surface area contributed by atoms with Gasteiger partial charge in [-0.3, -0.25) is 0 Å². The summed E-state index contributed by atoms with van der Waals surface area (Å²) in [4.78, 5) is 0. The van der Waals surface area contributed by atoms with Crippen molar-refractivity contribution in [2.24, 2.45) is 35.5 Å². The highest BCUT2D eigenvalue weighted by atomic mass is 14.5. The Balaban J connectivity index is 1.74. The number of allylic oxidation sites excluding steroid dienone is 1. The van der Waals surface area contributed by atoms with Crippen LogP contribution in [0.3, 0.4) is 0 Å². The van der Waals surface area contributed by atoms with Crippen molar-refractivity contribution in [3.63, 3.8) is 0 Å². The average Bonchev–Trinajstić information content (AvgIpc) is 3.29. The molecule has 0 aromatic heterocycles. The van der Waals surface area contributed by atoms with E-state index in [1.54, 1.807) is 39.0 Å². The van der Waals surface area contributed by atoms with Crippen molar-refractivity contribution < 1.29 is 0 Å². The molecule has 40 heavy (non-hydrogen) atoms. The van der Waals surface area contributed by atoms with Crippen LogP contribution in [0, 0.1) is 63.2 Å². The minimum absolute atomic E-state index is 0.484. The number of rotatable bonds is 7. The van der Waals surface area contributed by atoms with Crippen LogP contribution >= 0.6 is 0 Å². The Morgan fingerprint density at radius 2 is 1.23 bits per heavy atom. The normalized spacial score (nSPS) is 27.9. The molecule has 220 valence electrons. The van der Waals surface area contributed by atoms with Crippen LogP contribution in [0.15, 0.2) is 17.7 Å². The van der Waals surface area contributed by atoms with Gasteiger partial charge in [-0.25, -0.2) is 0 Å². The third-order valence-corrected chi connectivity index (χ3v) is 12.1. The molecular weight excluding hydrogens is 480 g/mol. The second-order valence-corrected chi connectivity index (χ2v) is 15.2. The quantitative estimate of drug-likeness (QED) is 0.327. The predicted molar refractivity (Wildman–Crippen MR) is 178 cm³/mol. The van der Waals surface area contributed by atoms with Crippen molar-refractivity contribution in [1.29, 1.82) is 0 Å². The molecule has 0 nitrogen and oxygen atoms in total. The summed E-state index contributed by atoms with van der Waals surface area (Å²) in [6, 6.07) is 5.09. The van der Waals surface area contributed by atoms with Gasteiger partial charge in [-0.2, -0.15) is 0 Å². The number of aryl methyl sites for hydroxylation is 2.